The largest absolute Gasteiger partial charge is 0.309 e. The number of aryl methyl sites for hydroxylation is 2. The second kappa shape index (κ2) is 21.3. The van der Waals surface area contributed by atoms with Gasteiger partial charge in [0.2, 0.25) is 0 Å². The second-order valence-electron chi connectivity index (χ2n) is 24.0. The molecule has 0 bridgehead atoms. The van der Waals surface area contributed by atoms with E-state index in [0.717, 1.165) is 37.1 Å². The first-order chi connectivity index (χ1) is 43.5. The Bertz CT molecular complexity index is 4560. The smallest absolute Gasteiger partial charge is 0.0716 e. The van der Waals surface area contributed by atoms with E-state index in [4.69, 9.17) is 0 Å². The van der Waals surface area contributed by atoms with E-state index in [1.807, 2.05) is 0 Å². The highest BCUT2D eigenvalue weighted by molar-refractivity contribution is 6.28. The molecule has 0 amide bonds. The summed E-state index contributed by atoms with van der Waals surface area (Å²) in [6.45, 7) is 9.40. The van der Waals surface area contributed by atoms with Gasteiger partial charge in [-0.3, -0.25) is 0 Å². The Labute approximate surface area is 517 Å². The summed E-state index contributed by atoms with van der Waals surface area (Å²) in [5.41, 5.74) is 27.1. The van der Waals surface area contributed by atoms with E-state index in [-0.39, 0.29) is 0 Å². The molecule has 0 saturated heterocycles. The van der Waals surface area contributed by atoms with Gasteiger partial charge in [0.1, 0.15) is 0 Å². The van der Waals surface area contributed by atoms with Gasteiger partial charge in [0.15, 0.2) is 0 Å². The molecular weight excluding hydrogens is 1060 g/mol. The highest BCUT2D eigenvalue weighted by Gasteiger charge is 2.49. The molecule has 0 aliphatic heterocycles. The van der Waals surface area contributed by atoms with Crippen molar-refractivity contribution in [1.29, 1.82) is 0 Å². The first-order valence-corrected chi connectivity index (χ1v) is 31.8. The summed E-state index contributed by atoms with van der Waals surface area (Å²) >= 11 is 0. The quantitative estimate of drug-likeness (QED) is 0.100. The summed E-state index contributed by atoms with van der Waals surface area (Å²) in [7, 11) is 0. The monoisotopic (exact) mass is 1130 g/mol. The average Bonchev–Trinajstić information content (AvgIpc) is 1.47. The minimum absolute atomic E-state index is 0.560. The zero-order valence-electron chi connectivity index (χ0n) is 50.4. The Balaban J connectivity index is 0.955. The van der Waals surface area contributed by atoms with Crippen molar-refractivity contribution in [3.8, 4) is 22.3 Å². The SMILES string of the molecule is CCc1ccc(C2(c3ccccc3)c3ccccc3-c3ccccc32)c(CC)c1N(c1ccccc1)c1ccc2ccc3c(N(c4ccccc4)c4c(CC)ccc(C5(c6ccccc6)c6ccccc6-c6ccccc65)c4CC)ccc4ccc1c2c43. The standard InChI is InChI=1S/C86H68N2/c1-5-57-47-53-77(85(61-29-13-9-14-30-61)73-41-25-21-37-67(73)68-38-22-26-42-74(68)85)65(7-3)83(57)87(63-33-17-11-18-34-63)79-55-49-59-46-52-72-80(56-50-60-45-51-71(79)81(59)82(60)72)88(64-35-19-12-20-36-64)84-58(6-2)48-54-78(66(84)8-4)86(62-31-15-10-16-32-62)75-43-27-23-39-69(75)70-40-24-28-44-76(70)86/h9-56H,5-8H2,1-4H3. The molecule has 2 aliphatic carbocycles. The summed E-state index contributed by atoms with van der Waals surface area (Å²) in [6, 6.07) is 111. The van der Waals surface area contributed by atoms with E-state index in [1.165, 1.54) is 144 Å². The van der Waals surface area contributed by atoms with E-state index in [1.54, 1.807) is 0 Å². The predicted octanol–water partition coefficient (Wildman–Crippen LogP) is 22.5. The Morgan fingerprint density at radius 2 is 0.568 bits per heavy atom. The maximum atomic E-state index is 2.63. The van der Waals surface area contributed by atoms with E-state index >= 15 is 0 Å². The van der Waals surface area contributed by atoms with Crippen LogP contribution in [0.1, 0.15) is 94.5 Å². The van der Waals surface area contributed by atoms with Gasteiger partial charge in [-0.05, 0) is 173 Å². The summed E-state index contributed by atoms with van der Waals surface area (Å²) in [5, 5.41) is 7.45. The molecule has 16 rings (SSSR count). The minimum Gasteiger partial charge on any atom is -0.309 e. The van der Waals surface area contributed by atoms with Gasteiger partial charge in [0, 0.05) is 22.1 Å². The number of para-hydroxylation sites is 2. The van der Waals surface area contributed by atoms with Gasteiger partial charge in [0.05, 0.1) is 33.6 Å². The molecule has 0 saturated carbocycles. The van der Waals surface area contributed by atoms with Crippen molar-refractivity contribution < 1.29 is 0 Å². The number of rotatable bonds is 14. The molecular formula is C86H68N2. The Morgan fingerprint density at radius 3 is 0.898 bits per heavy atom. The third-order valence-corrected chi connectivity index (χ3v) is 19.9. The Morgan fingerprint density at radius 1 is 0.261 bits per heavy atom. The lowest BCUT2D eigenvalue weighted by atomic mass is 9.65. The second-order valence-corrected chi connectivity index (χ2v) is 24.0. The van der Waals surface area contributed by atoms with Crippen molar-refractivity contribution in [2.75, 3.05) is 9.80 Å². The molecule has 0 aromatic heterocycles. The molecule has 0 radical (unpaired) electrons. The van der Waals surface area contributed by atoms with Crippen molar-refractivity contribution >= 4 is 66.4 Å². The van der Waals surface area contributed by atoms with Crippen LogP contribution in [0.3, 0.4) is 0 Å². The lowest BCUT2D eigenvalue weighted by Crippen LogP contribution is -2.31. The van der Waals surface area contributed by atoms with Crippen molar-refractivity contribution in [3.63, 3.8) is 0 Å². The lowest BCUT2D eigenvalue weighted by Gasteiger charge is -2.39. The molecule has 0 heterocycles. The van der Waals surface area contributed by atoms with Gasteiger partial charge >= 0.3 is 0 Å². The van der Waals surface area contributed by atoms with Crippen LogP contribution in [0.15, 0.2) is 291 Å². The van der Waals surface area contributed by atoms with Crippen LogP contribution in [0, 0.1) is 0 Å². The van der Waals surface area contributed by atoms with E-state index in [0.29, 0.717) is 0 Å². The maximum Gasteiger partial charge on any atom is 0.0716 e. The number of fused-ring (bicyclic) bond motifs is 6. The first-order valence-electron chi connectivity index (χ1n) is 31.8. The van der Waals surface area contributed by atoms with Gasteiger partial charge in [0.25, 0.3) is 0 Å². The topological polar surface area (TPSA) is 6.48 Å². The van der Waals surface area contributed by atoms with Gasteiger partial charge in [-0.1, -0.05) is 282 Å². The van der Waals surface area contributed by atoms with Crippen LogP contribution >= 0.6 is 0 Å². The normalized spacial score (nSPS) is 13.4. The molecule has 88 heavy (non-hydrogen) atoms. The van der Waals surface area contributed by atoms with Crippen LogP contribution in [0.4, 0.5) is 34.1 Å². The number of hydrogen-bond donors (Lipinski definition) is 0. The molecule has 0 spiro atoms. The summed E-state index contributed by atoms with van der Waals surface area (Å²) < 4.78 is 0. The van der Waals surface area contributed by atoms with Crippen LogP contribution < -0.4 is 9.80 Å². The van der Waals surface area contributed by atoms with Crippen molar-refractivity contribution in [2.45, 2.75) is 64.2 Å². The van der Waals surface area contributed by atoms with Crippen LogP contribution in [-0.4, -0.2) is 0 Å². The zero-order valence-corrected chi connectivity index (χ0v) is 50.4. The molecule has 0 unspecified atom stereocenters. The fraction of sp³-hybridized carbons (Fsp3) is 0.116. The van der Waals surface area contributed by atoms with Gasteiger partial charge < -0.3 is 9.80 Å². The highest BCUT2D eigenvalue weighted by atomic mass is 15.2. The summed E-state index contributed by atoms with van der Waals surface area (Å²) in [6.07, 6.45) is 3.40. The van der Waals surface area contributed by atoms with Gasteiger partial charge in [-0.15, -0.1) is 0 Å². The van der Waals surface area contributed by atoms with Crippen LogP contribution in [0.2, 0.25) is 0 Å². The molecule has 2 aliphatic rings. The molecule has 2 nitrogen and oxygen atoms in total. The minimum atomic E-state index is -0.560. The van der Waals surface area contributed by atoms with Crippen molar-refractivity contribution in [3.05, 3.63) is 358 Å². The molecule has 2 heteroatoms. The third-order valence-electron chi connectivity index (χ3n) is 19.9. The third kappa shape index (κ3) is 7.61. The van der Waals surface area contributed by atoms with Gasteiger partial charge in [-0.2, -0.15) is 0 Å². The summed E-state index contributed by atoms with van der Waals surface area (Å²) in [4.78, 5) is 5.26. The fourth-order valence-corrected chi connectivity index (χ4v) is 16.4. The van der Waals surface area contributed by atoms with Crippen molar-refractivity contribution in [2.24, 2.45) is 0 Å². The van der Waals surface area contributed by atoms with E-state index in [9.17, 15) is 0 Å². The highest BCUT2D eigenvalue weighted by Crippen LogP contribution is 2.61. The predicted molar refractivity (Wildman–Crippen MR) is 372 cm³/mol. The van der Waals surface area contributed by atoms with Crippen molar-refractivity contribution in [1.82, 2.24) is 0 Å². The number of hydrogen-bond acceptors (Lipinski definition) is 2. The lowest BCUT2D eigenvalue weighted by molar-refractivity contribution is 0.752. The molecule has 0 N–H and O–H groups in total. The van der Waals surface area contributed by atoms with Gasteiger partial charge in [-0.25, -0.2) is 0 Å². The first kappa shape index (κ1) is 53.2. The molecule has 0 atom stereocenters. The number of anilines is 6. The Kier molecular flexibility index (Phi) is 12.9. The van der Waals surface area contributed by atoms with Crippen LogP contribution in [-0.2, 0) is 36.5 Å². The average molecular weight is 1130 g/mol. The molecule has 0 fully saturated rings. The number of nitrogens with zero attached hydrogens (tertiary/aromatic N) is 2. The Hall–Kier alpha value is -10.3. The van der Waals surface area contributed by atoms with Crippen LogP contribution in [0.25, 0.3) is 54.6 Å². The molecule has 14 aromatic rings. The maximum absolute atomic E-state index is 2.63. The molecule has 422 valence electrons. The van der Waals surface area contributed by atoms with Crippen LogP contribution in [0.5, 0.6) is 0 Å². The fourth-order valence-electron chi connectivity index (χ4n) is 16.4. The van der Waals surface area contributed by atoms with E-state index < -0.39 is 10.8 Å². The zero-order chi connectivity index (χ0) is 59.1. The molecule has 14 aromatic carbocycles. The summed E-state index contributed by atoms with van der Waals surface area (Å²) in [5.74, 6) is 0. The number of benzene rings is 14. The van der Waals surface area contributed by atoms with E-state index in [2.05, 4.69) is 329 Å².